The minimum Gasteiger partial charge on any atom is -0.309 e. The molecule has 16 heavy (non-hydrogen) atoms. The van der Waals surface area contributed by atoms with Gasteiger partial charge in [-0.3, -0.25) is 0 Å². The Kier molecular flexibility index (Phi) is 6.03. The Morgan fingerprint density at radius 3 is 1.38 bits per heavy atom. The van der Waals surface area contributed by atoms with Gasteiger partial charge >= 0.3 is 0 Å². The van der Waals surface area contributed by atoms with Gasteiger partial charge in [-0.25, -0.2) is 0 Å². The second-order valence-corrected chi connectivity index (χ2v) is 3.57. The van der Waals surface area contributed by atoms with Crippen molar-refractivity contribution in [2.45, 2.75) is 13.1 Å². The summed E-state index contributed by atoms with van der Waals surface area (Å²) < 4.78 is 0. The van der Waals surface area contributed by atoms with Gasteiger partial charge in [0, 0.05) is 33.5 Å². The van der Waals surface area contributed by atoms with Crippen LogP contribution in [0, 0.1) is 0 Å². The normalized spacial score (nSPS) is 9.50. The molecule has 0 aliphatic carbocycles. The Morgan fingerprint density at radius 1 is 0.625 bits per heavy atom. The SMILES string of the molecule is [Pd].c1ccc(CNCc2ccccc2)cc1. The van der Waals surface area contributed by atoms with E-state index in [9.17, 15) is 0 Å². The predicted molar refractivity (Wildman–Crippen MR) is 63.4 cm³/mol. The van der Waals surface area contributed by atoms with Crippen LogP contribution in [0.5, 0.6) is 0 Å². The van der Waals surface area contributed by atoms with Crippen molar-refractivity contribution in [3.63, 3.8) is 0 Å². The third-order valence-electron chi connectivity index (χ3n) is 2.34. The van der Waals surface area contributed by atoms with Crippen molar-refractivity contribution in [2.75, 3.05) is 0 Å². The number of nitrogens with one attached hydrogen (secondary N) is 1. The summed E-state index contributed by atoms with van der Waals surface area (Å²) in [7, 11) is 0. The Hall–Kier alpha value is -0.938. The molecule has 0 saturated heterocycles. The zero-order chi connectivity index (χ0) is 10.3. The molecule has 0 spiro atoms. The quantitative estimate of drug-likeness (QED) is 0.856. The maximum atomic E-state index is 3.42. The van der Waals surface area contributed by atoms with Gasteiger partial charge in [0.2, 0.25) is 0 Å². The summed E-state index contributed by atoms with van der Waals surface area (Å²) >= 11 is 0. The molecular formula is C14H15NPd. The van der Waals surface area contributed by atoms with Gasteiger partial charge in [0.1, 0.15) is 0 Å². The van der Waals surface area contributed by atoms with Gasteiger partial charge in [-0.1, -0.05) is 60.7 Å². The minimum absolute atomic E-state index is 0. The largest absolute Gasteiger partial charge is 0.309 e. The van der Waals surface area contributed by atoms with E-state index in [0.29, 0.717) is 0 Å². The number of benzene rings is 2. The zero-order valence-electron chi connectivity index (χ0n) is 9.00. The fourth-order valence-corrected chi connectivity index (χ4v) is 1.54. The van der Waals surface area contributed by atoms with Crippen LogP contribution < -0.4 is 5.32 Å². The van der Waals surface area contributed by atoms with Crippen molar-refractivity contribution in [3.05, 3.63) is 71.8 Å². The summed E-state index contributed by atoms with van der Waals surface area (Å²) in [4.78, 5) is 0. The van der Waals surface area contributed by atoms with Gasteiger partial charge in [0.25, 0.3) is 0 Å². The molecule has 0 aliphatic heterocycles. The molecule has 0 atom stereocenters. The molecule has 0 aliphatic rings. The van der Waals surface area contributed by atoms with Gasteiger partial charge in [-0.15, -0.1) is 0 Å². The van der Waals surface area contributed by atoms with Crippen LogP contribution in [0.3, 0.4) is 0 Å². The van der Waals surface area contributed by atoms with E-state index in [1.807, 2.05) is 12.1 Å². The molecule has 0 amide bonds. The molecule has 2 aromatic carbocycles. The van der Waals surface area contributed by atoms with Crippen LogP contribution in [0.4, 0.5) is 0 Å². The van der Waals surface area contributed by atoms with Crippen molar-refractivity contribution in [1.82, 2.24) is 5.32 Å². The predicted octanol–water partition coefficient (Wildman–Crippen LogP) is 2.97. The smallest absolute Gasteiger partial charge is 0.0208 e. The fourth-order valence-electron chi connectivity index (χ4n) is 1.54. The van der Waals surface area contributed by atoms with Crippen LogP contribution in [0.25, 0.3) is 0 Å². The van der Waals surface area contributed by atoms with E-state index in [1.54, 1.807) is 0 Å². The summed E-state index contributed by atoms with van der Waals surface area (Å²) in [5, 5.41) is 3.42. The molecule has 0 unspecified atom stereocenters. The average molecular weight is 304 g/mol. The Morgan fingerprint density at radius 2 is 1.00 bits per heavy atom. The molecule has 1 N–H and O–H groups in total. The number of hydrogen-bond acceptors (Lipinski definition) is 1. The average Bonchev–Trinajstić information content (AvgIpc) is 2.32. The van der Waals surface area contributed by atoms with E-state index in [2.05, 4.69) is 53.8 Å². The monoisotopic (exact) mass is 303 g/mol. The Bertz CT molecular complexity index is 346. The second kappa shape index (κ2) is 7.35. The van der Waals surface area contributed by atoms with Crippen LogP contribution in [0.1, 0.15) is 11.1 Å². The molecule has 0 bridgehead atoms. The third-order valence-corrected chi connectivity index (χ3v) is 2.34. The minimum atomic E-state index is 0. The summed E-state index contributed by atoms with van der Waals surface area (Å²) in [6.07, 6.45) is 0. The molecule has 0 fully saturated rings. The summed E-state index contributed by atoms with van der Waals surface area (Å²) in [6.45, 7) is 1.85. The molecular weight excluding hydrogens is 289 g/mol. The summed E-state index contributed by atoms with van der Waals surface area (Å²) in [6, 6.07) is 20.9. The molecule has 86 valence electrons. The van der Waals surface area contributed by atoms with E-state index >= 15 is 0 Å². The molecule has 2 aromatic rings. The van der Waals surface area contributed by atoms with Crippen LogP contribution in [-0.2, 0) is 33.5 Å². The standard InChI is InChI=1S/C14H15N.Pd/c1-3-7-13(8-4-1)11-15-12-14-9-5-2-6-10-14;/h1-10,15H,11-12H2;. The number of rotatable bonds is 4. The first kappa shape index (κ1) is 13.1. The second-order valence-electron chi connectivity index (χ2n) is 3.57. The Balaban J connectivity index is 0.00000128. The van der Waals surface area contributed by atoms with E-state index in [4.69, 9.17) is 0 Å². The molecule has 0 heterocycles. The molecule has 2 heteroatoms. The number of hydrogen-bond donors (Lipinski definition) is 1. The molecule has 0 saturated carbocycles. The van der Waals surface area contributed by atoms with Gasteiger partial charge < -0.3 is 5.32 Å². The molecule has 1 nitrogen and oxygen atoms in total. The van der Waals surface area contributed by atoms with Gasteiger partial charge in [-0.05, 0) is 11.1 Å². The van der Waals surface area contributed by atoms with Crippen molar-refractivity contribution >= 4 is 0 Å². The van der Waals surface area contributed by atoms with E-state index in [-0.39, 0.29) is 20.4 Å². The summed E-state index contributed by atoms with van der Waals surface area (Å²) in [5.41, 5.74) is 2.65. The maximum absolute atomic E-state index is 3.42. The summed E-state index contributed by atoms with van der Waals surface area (Å²) in [5.74, 6) is 0. The van der Waals surface area contributed by atoms with Crippen LogP contribution in [0.15, 0.2) is 60.7 Å². The van der Waals surface area contributed by atoms with Crippen molar-refractivity contribution in [1.29, 1.82) is 0 Å². The van der Waals surface area contributed by atoms with Crippen LogP contribution in [0.2, 0.25) is 0 Å². The van der Waals surface area contributed by atoms with Crippen molar-refractivity contribution in [2.24, 2.45) is 0 Å². The first-order valence-corrected chi connectivity index (χ1v) is 5.24. The van der Waals surface area contributed by atoms with Crippen LogP contribution >= 0.6 is 0 Å². The zero-order valence-corrected chi connectivity index (χ0v) is 10.6. The van der Waals surface area contributed by atoms with E-state index < -0.39 is 0 Å². The molecule has 0 aromatic heterocycles. The Labute approximate surface area is 111 Å². The van der Waals surface area contributed by atoms with Crippen LogP contribution in [-0.4, -0.2) is 0 Å². The fraction of sp³-hybridized carbons (Fsp3) is 0.143. The van der Waals surface area contributed by atoms with Crippen molar-refractivity contribution in [3.8, 4) is 0 Å². The molecule has 0 radical (unpaired) electrons. The van der Waals surface area contributed by atoms with E-state index in [1.165, 1.54) is 11.1 Å². The van der Waals surface area contributed by atoms with Crippen molar-refractivity contribution < 1.29 is 20.4 Å². The molecule has 2 rings (SSSR count). The first-order valence-electron chi connectivity index (χ1n) is 5.24. The topological polar surface area (TPSA) is 12.0 Å². The maximum Gasteiger partial charge on any atom is 0.0208 e. The third kappa shape index (κ3) is 4.28. The van der Waals surface area contributed by atoms with Gasteiger partial charge in [0.05, 0.1) is 0 Å². The first-order chi connectivity index (χ1) is 7.45. The van der Waals surface area contributed by atoms with Gasteiger partial charge in [-0.2, -0.15) is 0 Å². The van der Waals surface area contributed by atoms with Gasteiger partial charge in [0.15, 0.2) is 0 Å². The van der Waals surface area contributed by atoms with E-state index in [0.717, 1.165) is 13.1 Å².